The molecular formula is C21H20ClN5O. The van der Waals surface area contributed by atoms with Crippen LogP contribution >= 0.6 is 11.6 Å². The van der Waals surface area contributed by atoms with E-state index in [9.17, 15) is 4.91 Å². The first-order chi connectivity index (χ1) is 13.6. The highest BCUT2D eigenvalue weighted by molar-refractivity contribution is 6.30. The average Bonchev–Trinajstić information content (AvgIpc) is 3.30. The zero-order valence-electron chi connectivity index (χ0n) is 15.7. The number of hydrogen-bond acceptors (Lipinski definition) is 4. The quantitative estimate of drug-likeness (QED) is 0.409. The summed E-state index contributed by atoms with van der Waals surface area (Å²) in [5.74, 6) is 1.78. The third-order valence-electron chi connectivity index (χ3n) is 4.92. The lowest BCUT2D eigenvalue weighted by molar-refractivity contribution is 0.667. The van der Waals surface area contributed by atoms with Gasteiger partial charge in [0.05, 0.1) is 17.6 Å². The second-order valence-corrected chi connectivity index (χ2v) is 7.13. The zero-order chi connectivity index (χ0) is 19.7. The molecule has 0 saturated heterocycles. The fourth-order valence-corrected chi connectivity index (χ4v) is 3.66. The first kappa shape index (κ1) is 18.4. The van der Waals surface area contributed by atoms with Crippen LogP contribution in [0.4, 0.5) is 0 Å². The lowest BCUT2D eigenvalue weighted by Gasteiger charge is -2.10. The maximum absolute atomic E-state index is 10.9. The molecule has 6 nitrogen and oxygen atoms in total. The Morgan fingerprint density at radius 2 is 2.07 bits per heavy atom. The summed E-state index contributed by atoms with van der Waals surface area (Å²) >= 11 is 6.14. The molecule has 0 aliphatic rings. The second kappa shape index (κ2) is 7.56. The number of imidazole rings is 2. The van der Waals surface area contributed by atoms with Crippen LogP contribution in [0.3, 0.4) is 0 Å². The molecule has 1 atom stereocenters. The van der Waals surface area contributed by atoms with Gasteiger partial charge in [-0.25, -0.2) is 9.97 Å². The monoisotopic (exact) mass is 393 g/mol. The summed E-state index contributed by atoms with van der Waals surface area (Å²) in [6.07, 6.45) is 3.73. The van der Waals surface area contributed by atoms with E-state index in [1.54, 1.807) is 13.1 Å². The Kier molecular flexibility index (Phi) is 4.96. The Morgan fingerprint density at radius 3 is 2.82 bits per heavy atom. The predicted molar refractivity (Wildman–Crippen MR) is 111 cm³/mol. The summed E-state index contributed by atoms with van der Waals surface area (Å²) in [6, 6.07) is 13.2. The maximum Gasteiger partial charge on any atom is 0.140 e. The van der Waals surface area contributed by atoms with Gasteiger partial charge in [0.2, 0.25) is 0 Å². The molecule has 0 saturated carbocycles. The molecule has 1 unspecified atom stereocenters. The Hall–Kier alpha value is -2.99. The Morgan fingerprint density at radius 1 is 1.21 bits per heavy atom. The Labute approximate surface area is 167 Å². The van der Waals surface area contributed by atoms with Gasteiger partial charge < -0.3 is 9.13 Å². The number of rotatable bonds is 6. The highest BCUT2D eigenvalue weighted by atomic mass is 35.5. The highest BCUT2D eigenvalue weighted by Crippen LogP contribution is 2.25. The van der Waals surface area contributed by atoms with Crippen LogP contribution < -0.4 is 0 Å². The average molecular weight is 394 g/mol. The summed E-state index contributed by atoms with van der Waals surface area (Å²) in [6.45, 7) is 5.27. The van der Waals surface area contributed by atoms with Crippen molar-refractivity contribution >= 4 is 22.6 Å². The summed E-state index contributed by atoms with van der Waals surface area (Å²) in [7, 11) is 0. The fraction of sp³-hybridized carbons (Fsp3) is 0.238. The van der Waals surface area contributed by atoms with Gasteiger partial charge in [0.15, 0.2) is 0 Å². The van der Waals surface area contributed by atoms with E-state index in [-0.39, 0.29) is 6.04 Å². The number of benzene rings is 2. The minimum absolute atomic E-state index is 0.386. The number of fused-ring (bicyclic) bond motifs is 1. The van der Waals surface area contributed by atoms with E-state index in [2.05, 4.69) is 26.2 Å². The van der Waals surface area contributed by atoms with Crippen molar-refractivity contribution in [2.45, 2.75) is 33.0 Å². The van der Waals surface area contributed by atoms with Crippen LogP contribution in [0.1, 0.15) is 31.3 Å². The van der Waals surface area contributed by atoms with Crippen LogP contribution in [0.2, 0.25) is 5.02 Å². The van der Waals surface area contributed by atoms with Crippen molar-refractivity contribution in [3.63, 3.8) is 0 Å². The first-order valence-corrected chi connectivity index (χ1v) is 9.57. The van der Waals surface area contributed by atoms with Crippen LogP contribution in [0, 0.1) is 4.91 Å². The van der Waals surface area contributed by atoms with E-state index >= 15 is 0 Å². The molecule has 0 amide bonds. The minimum Gasteiger partial charge on any atom is -0.327 e. The third kappa shape index (κ3) is 3.31. The molecule has 2 aromatic carbocycles. The van der Waals surface area contributed by atoms with Crippen molar-refractivity contribution < 1.29 is 0 Å². The van der Waals surface area contributed by atoms with Gasteiger partial charge in [-0.1, -0.05) is 35.0 Å². The normalized spacial score (nSPS) is 12.4. The van der Waals surface area contributed by atoms with Crippen molar-refractivity contribution in [2.24, 2.45) is 5.18 Å². The molecule has 0 bridgehead atoms. The molecule has 2 heterocycles. The van der Waals surface area contributed by atoms with E-state index in [4.69, 9.17) is 16.6 Å². The lowest BCUT2D eigenvalue weighted by atomic mass is 10.1. The van der Waals surface area contributed by atoms with Crippen LogP contribution in [-0.2, 0) is 13.1 Å². The summed E-state index contributed by atoms with van der Waals surface area (Å²) in [5, 5.41) is 3.80. The van der Waals surface area contributed by atoms with E-state index < -0.39 is 0 Å². The Bertz CT molecular complexity index is 1150. The van der Waals surface area contributed by atoms with Gasteiger partial charge in [-0.05, 0) is 43.7 Å². The second-order valence-electron chi connectivity index (χ2n) is 6.69. The molecule has 0 aliphatic carbocycles. The Balaban J connectivity index is 1.74. The van der Waals surface area contributed by atoms with E-state index in [1.807, 2.05) is 48.7 Å². The molecule has 142 valence electrons. The molecule has 0 N–H and O–H groups in total. The molecule has 0 spiro atoms. The number of halogens is 1. The van der Waals surface area contributed by atoms with Crippen molar-refractivity contribution in [3.05, 3.63) is 76.2 Å². The van der Waals surface area contributed by atoms with E-state index in [1.165, 1.54) is 0 Å². The molecule has 2 aromatic heterocycles. The lowest BCUT2D eigenvalue weighted by Crippen LogP contribution is -2.08. The summed E-state index contributed by atoms with van der Waals surface area (Å²) < 4.78 is 4.25. The number of aryl methyl sites for hydroxylation is 1. The highest BCUT2D eigenvalue weighted by Gasteiger charge is 2.15. The molecule has 0 radical (unpaired) electrons. The van der Waals surface area contributed by atoms with E-state index in [0.29, 0.717) is 11.6 Å². The van der Waals surface area contributed by atoms with Crippen LogP contribution in [0.25, 0.3) is 22.4 Å². The van der Waals surface area contributed by atoms with Gasteiger partial charge in [0.25, 0.3) is 0 Å². The summed E-state index contributed by atoms with van der Waals surface area (Å²) in [5.41, 5.74) is 3.75. The van der Waals surface area contributed by atoms with Gasteiger partial charge in [0.1, 0.15) is 17.7 Å². The summed E-state index contributed by atoms with van der Waals surface area (Å²) in [4.78, 5) is 20.2. The molecule has 0 fully saturated rings. The van der Waals surface area contributed by atoms with Gasteiger partial charge in [-0.3, -0.25) is 0 Å². The topological polar surface area (TPSA) is 65.1 Å². The van der Waals surface area contributed by atoms with Crippen LogP contribution in [0.5, 0.6) is 0 Å². The number of nitrogens with zero attached hydrogens (tertiary/aromatic N) is 5. The third-order valence-corrected chi connectivity index (χ3v) is 5.15. The zero-order valence-corrected chi connectivity index (χ0v) is 16.5. The maximum atomic E-state index is 10.9. The van der Waals surface area contributed by atoms with Gasteiger partial charge in [0, 0.05) is 29.5 Å². The molecule has 4 rings (SSSR count). The molecule has 0 aliphatic heterocycles. The largest absolute Gasteiger partial charge is 0.327 e. The van der Waals surface area contributed by atoms with Gasteiger partial charge >= 0.3 is 0 Å². The smallest absolute Gasteiger partial charge is 0.140 e. The molecule has 4 aromatic rings. The fourth-order valence-electron chi connectivity index (χ4n) is 3.47. The van der Waals surface area contributed by atoms with Gasteiger partial charge in [-0.15, -0.1) is 0 Å². The number of hydrogen-bond donors (Lipinski definition) is 0. The predicted octanol–water partition coefficient (Wildman–Crippen LogP) is 5.45. The van der Waals surface area contributed by atoms with Crippen molar-refractivity contribution in [2.75, 3.05) is 0 Å². The molecule has 7 heteroatoms. The standard InChI is InChI=1S/C21H20ClN5O/c1-3-27-19-8-7-15(14(2)25-28)12-18(19)24-20(27)13-26-10-9-23-21(26)16-5-4-6-17(22)11-16/h4-12,14H,3,13H2,1-2H3. The van der Waals surface area contributed by atoms with E-state index in [0.717, 1.165) is 40.4 Å². The number of aromatic nitrogens is 4. The van der Waals surface area contributed by atoms with Gasteiger partial charge in [-0.2, -0.15) is 4.91 Å². The van der Waals surface area contributed by atoms with Crippen molar-refractivity contribution in [1.82, 2.24) is 19.1 Å². The SMILES string of the molecule is CCn1c(Cn2ccnc2-c2cccc(Cl)c2)nc2cc(C(C)N=O)ccc21. The molecule has 28 heavy (non-hydrogen) atoms. The molecular weight excluding hydrogens is 374 g/mol. The van der Waals surface area contributed by atoms with Crippen LogP contribution in [-0.4, -0.2) is 19.1 Å². The minimum atomic E-state index is -0.386. The van der Waals surface area contributed by atoms with Crippen LogP contribution in [0.15, 0.2) is 60.0 Å². The number of nitroso groups, excluding NO2 is 1. The van der Waals surface area contributed by atoms with Crippen molar-refractivity contribution in [3.8, 4) is 11.4 Å². The van der Waals surface area contributed by atoms with Crippen molar-refractivity contribution in [1.29, 1.82) is 0 Å². The first-order valence-electron chi connectivity index (χ1n) is 9.19.